The van der Waals surface area contributed by atoms with Gasteiger partial charge in [0.2, 0.25) is 15.9 Å². The van der Waals surface area contributed by atoms with Crippen molar-refractivity contribution in [3.63, 3.8) is 0 Å². The number of hydrogen-bond acceptors (Lipinski definition) is 4. The molecule has 1 fully saturated rings. The highest BCUT2D eigenvalue weighted by Crippen LogP contribution is 2.25. The topological polar surface area (TPSA) is 75.7 Å². The van der Waals surface area contributed by atoms with Crippen molar-refractivity contribution in [2.24, 2.45) is 0 Å². The summed E-state index contributed by atoms with van der Waals surface area (Å²) in [6, 6.07) is 10.8. The van der Waals surface area contributed by atoms with Crippen molar-refractivity contribution < 1.29 is 22.3 Å². The number of halogens is 1. The predicted octanol–water partition coefficient (Wildman–Crippen LogP) is 3.29. The third-order valence-corrected chi connectivity index (χ3v) is 6.92. The number of sulfonamides is 1. The monoisotopic (exact) mass is 420 g/mol. The van der Waals surface area contributed by atoms with Gasteiger partial charge in [-0.3, -0.25) is 4.79 Å². The lowest BCUT2D eigenvalue weighted by atomic mass is 9.97. The van der Waals surface area contributed by atoms with E-state index in [4.69, 9.17) is 4.74 Å². The summed E-state index contributed by atoms with van der Waals surface area (Å²) in [6.07, 6.45) is 0.200. The van der Waals surface area contributed by atoms with E-state index in [1.54, 1.807) is 24.3 Å². The molecule has 8 heteroatoms. The zero-order valence-electron chi connectivity index (χ0n) is 16.5. The first kappa shape index (κ1) is 21.4. The molecule has 156 valence electrons. The van der Waals surface area contributed by atoms with Crippen molar-refractivity contribution in [1.82, 2.24) is 4.31 Å². The van der Waals surface area contributed by atoms with E-state index >= 15 is 0 Å². The van der Waals surface area contributed by atoms with Crippen molar-refractivity contribution >= 4 is 21.6 Å². The average molecular weight is 421 g/mol. The molecule has 0 spiro atoms. The summed E-state index contributed by atoms with van der Waals surface area (Å²) in [5.74, 6) is -0.652. The third kappa shape index (κ3) is 5.20. The van der Waals surface area contributed by atoms with Crippen LogP contribution < -0.4 is 5.32 Å². The molecule has 3 rings (SSSR count). The number of hydrogen-bond donors (Lipinski definition) is 1. The predicted molar refractivity (Wildman–Crippen MR) is 109 cm³/mol. The van der Waals surface area contributed by atoms with Crippen LogP contribution in [-0.4, -0.2) is 44.9 Å². The van der Waals surface area contributed by atoms with E-state index in [-0.39, 0.29) is 29.0 Å². The van der Waals surface area contributed by atoms with E-state index in [2.05, 4.69) is 5.32 Å². The second kappa shape index (κ2) is 9.02. The van der Waals surface area contributed by atoms with Crippen LogP contribution >= 0.6 is 0 Å². The minimum atomic E-state index is -3.64. The number of anilines is 1. The molecule has 0 radical (unpaired) electrons. The van der Waals surface area contributed by atoms with Crippen LogP contribution in [-0.2, 0) is 19.6 Å². The molecule has 2 aromatic carbocycles. The molecule has 1 unspecified atom stereocenters. The maximum Gasteiger partial charge on any atom is 0.243 e. The maximum atomic E-state index is 13.1. The summed E-state index contributed by atoms with van der Waals surface area (Å²) in [5.41, 5.74) is 2.10. The number of aryl methyl sites for hydroxylation is 1. The zero-order chi connectivity index (χ0) is 21.0. The Kier molecular flexibility index (Phi) is 6.66. The van der Waals surface area contributed by atoms with Gasteiger partial charge in [0, 0.05) is 25.2 Å². The van der Waals surface area contributed by atoms with E-state index in [9.17, 15) is 17.6 Å². The van der Waals surface area contributed by atoms with Crippen LogP contribution in [0.2, 0.25) is 0 Å². The second-order valence-electron chi connectivity index (χ2n) is 7.20. The van der Waals surface area contributed by atoms with Crippen molar-refractivity contribution in [1.29, 1.82) is 0 Å². The maximum absolute atomic E-state index is 13.1. The van der Waals surface area contributed by atoms with Gasteiger partial charge in [0.05, 0.1) is 18.1 Å². The molecule has 6 nitrogen and oxygen atoms in total. The molecule has 0 aliphatic carbocycles. The van der Waals surface area contributed by atoms with Crippen molar-refractivity contribution in [3.8, 4) is 0 Å². The van der Waals surface area contributed by atoms with Gasteiger partial charge in [-0.2, -0.15) is 4.31 Å². The number of morpholine rings is 1. The van der Waals surface area contributed by atoms with Gasteiger partial charge >= 0.3 is 0 Å². The van der Waals surface area contributed by atoms with Crippen LogP contribution in [0.25, 0.3) is 0 Å². The highest BCUT2D eigenvalue weighted by molar-refractivity contribution is 7.89. The summed E-state index contributed by atoms with van der Waals surface area (Å²) in [4.78, 5) is 12.7. The fourth-order valence-electron chi connectivity index (χ4n) is 3.22. The van der Waals surface area contributed by atoms with E-state index in [1.807, 2.05) is 13.8 Å². The molecule has 0 bridgehead atoms. The van der Waals surface area contributed by atoms with Crippen molar-refractivity contribution in [2.45, 2.75) is 31.1 Å². The fraction of sp³-hybridized carbons (Fsp3) is 0.381. The molecule has 1 atom stereocenters. The number of nitrogens with zero attached hydrogens (tertiary/aromatic N) is 1. The average Bonchev–Trinajstić information content (AvgIpc) is 2.70. The second-order valence-corrected chi connectivity index (χ2v) is 9.14. The Morgan fingerprint density at radius 3 is 2.48 bits per heavy atom. The number of carbonyl (C=O) groups excluding carboxylic acids is 1. The third-order valence-electron chi connectivity index (χ3n) is 5.02. The summed E-state index contributed by atoms with van der Waals surface area (Å²) in [5, 5.41) is 2.82. The number of nitrogens with one attached hydrogen (secondary N) is 1. The molecule has 0 aromatic heterocycles. The minimum absolute atomic E-state index is 0.101. The quantitative estimate of drug-likeness (QED) is 0.778. The first-order valence-corrected chi connectivity index (χ1v) is 11.0. The van der Waals surface area contributed by atoms with E-state index in [0.717, 1.165) is 11.1 Å². The van der Waals surface area contributed by atoms with Gasteiger partial charge in [-0.05, 0) is 48.2 Å². The van der Waals surface area contributed by atoms with Gasteiger partial charge in [-0.1, -0.05) is 25.1 Å². The Morgan fingerprint density at radius 1 is 1.17 bits per heavy atom. The molecule has 1 heterocycles. The normalized spacial score (nSPS) is 16.4. The summed E-state index contributed by atoms with van der Waals surface area (Å²) >= 11 is 0. The molecule has 1 N–H and O–H groups in total. The van der Waals surface area contributed by atoms with Gasteiger partial charge in [0.15, 0.2) is 0 Å². The first-order valence-electron chi connectivity index (χ1n) is 9.51. The number of rotatable bonds is 6. The van der Waals surface area contributed by atoms with Crippen LogP contribution in [0.4, 0.5) is 10.1 Å². The largest absolute Gasteiger partial charge is 0.379 e. The van der Waals surface area contributed by atoms with Crippen molar-refractivity contribution in [3.05, 3.63) is 59.4 Å². The zero-order valence-corrected chi connectivity index (χ0v) is 17.3. The van der Waals surface area contributed by atoms with Crippen LogP contribution in [0.15, 0.2) is 47.4 Å². The minimum Gasteiger partial charge on any atom is -0.379 e. The molecule has 0 saturated carbocycles. The van der Waals surface area contributed by atoms with E-state index in [1.165, 1.54) is 22.5 Å². The molecule has 1 aliphatic rings. The van der Waals surface area contributed by atoms with E-state index in [0.29, 0.717) is 32.0 Å². The molecular weight excluding hydrogens is 395 g/mol. The fourth-order valence-corrected chi connectivity index (χ4v) is 4.66. The Labute approximate surface area is 170 Å². The van der Waals surface area contributed by atoms with Gasteiger partial charge in [0.1, 0.15) is 5.82 Å². The lowest BCUT2D eigenvalue weighted by Gasteiger charge is -2.26. The van der Waals surface area contributed by atoms with Crippen LogP contribution in [0.1, 0.15) is 30.4 Å². The van der Waals surface area contributed by atoms with Crippen LogP contribution in [0.5, 0.6) is 0 Å². The van der Waals surface area contributed by atoms with E-state index < -0.39 is 10.0 Å². The van der Waals surface area contributed by atoms with Gasteiger partial charge < -0.3 is 10.1 Å². The lowest BCUT2D eigenvalue weighted by Crippen LogP contribution is -2.40. The molecule has 2 aromatic rings. The molecule has 1 aliphatic heterocycles. The summed E-state index contributed by atoms with van der Waals surface area (Å²) in [7, 11) is -3.64. The SMILES string of the molecule is Cc1ccc(S(=O)(=O)N2CCOCC2)cc1NC(=O)CC(C)c1ccc(F)cc1. The smallest absolute Gasteiger partial charge is 0.243 e. The molecule has 1 saturated heterocycles. The van der Waals surface area contributed by atoms with Gasteiger partial charge in [-0.25, -0.2) is 12.8 Å². The summed E-state index contributed by atoms with van der Waals surface area (Å²) < 4.78 is 45.4. The molecule has 29 heavy (non-hydrogen) atoms. The number of ether oxygens (including phenoxy) is 1. The number of carbonyl (C=O) groups is 1. The lowest BCUT2D eigenvalue weighted by molar-refractivity contribution is -0.116. The molecular formula is C21H25FN2O4S. The van der Waals surface area contributed by atoms with Gasteiger partial charge in [-0.15, -0.1) is 0 Å². The van der Waals surface area contributed by atoms with Gasteiger partial charge in [0.25, 0.3) is 0 Å². The Bertz CT molecular complexity index is 971. The Morgan fingerprint density at radius 2 is 1.83 bits per heavy atom. The first-order chi connectivity index (χ1) is 13.8. The van der Waals surface area contributed by atoms with Crippen molar-refractivity contribution in [2.75, 3.05) is 31.6 Å². The summed E-state index contributed by atoms with van der Waals surface area (Å²) in [6.45, 7) is 5.06. The number of amides is 1. The Balaban J connectivity index is 1.72. The standard InChI is InChI=1S/C21H25FN2O4S/c1-15-3-8-19(29(26,27)24-9-11-28-12-10-24)14-20(15)23-21(25)13-16(2)17-4-6-18(22)7-5-17/h3-8,14,16H,9-13H2,1-2H3,(H,23,25). The van der Waals surface area contributed by atoms with Crippen LogP contribution in [0.3, 0.4) is 0 Å². The highest BCUT2D eigenvalue weighted by Gasteiger charge is 2.27. The number of benzene rings is 2. The highest BCUT2D eigenvalue weighted by atomic mass is 32.2. The Hall–Kier alpha value is -2.29. The molecule has 1 amide bonds. The van der Waals surface area contributed by atoms with Crippen LogP contribution in [0, 0.1) is 12.7 Å².